The Balaban J connectivity index is 2.13. The molecular formula is C20H27N3O3. The highest BCUT2D eigenvalue weighted by Crippen LogP contribution is 2.29. The first kappa shape index (κ1) is 19.7. The van der Waals surface area contributed by atoms with E-state index in [4.69, 9.17) is 4.74 Å². The molecule has 6 heteroatoms. The van der Waals surface area contributed by atoms with E-state index in [0.717, 1.165) is 18.4 Å². The molecule has 2 N–H and O–H groups in total. The van der Waals surface area contributed by atoms with Crippen molar-refractivity contribution in [2.45, 2.75) is 53.0 Å². The Morgan fingerprint density at radius 3 is 2.35 bits per heavy atom. The molecular weight excluding hydrogens is 330 g/mol. The molecule has 2 rings (SSSR count). The highest BCUT2D eigenvalue weighted by molar-refractivity contribution is 5.78. The van der Waals surface area contributed by atoms with Gasteiger partial charge in [0.1, 0.15) is 0 Å². The molecule has 1 amide bonds. The summed E-state index contributed by atoms with van der Waals surface area (Å²) < 4.78 is 5.51. The monoisotopic (exact) mass is 357 g/mol. The third kappa shape index (κ3) is 4.31. The summed E-state index contributed by atoms with van der Waals surface area (Å²) in [5.74, 6) is -0.0521. The van der Waals surface area contributed by atoms with E-state index in [2.05, 4.69) is 41.3 Å². The molecule has 0 aliphatic heterocycles. The van der Waals surface area contributed by atoms with Crippen LogP contribution in [0.15, 0.2) is 29.1 Å². The first-order chi connectivity index (χ1) is 12.3. The van der Waals surface area contributed by atoms with Crippen molar-refractivity contribution < 1.29 is 9.53 Å². The minimum Gasteiger partial charge on any atom is -0.467 e. The van der Waals surface area contributed by atoms with Crippen LogP contribution in [0.25, 0.3) is 0 Å². The topological polar surface area (TPSA) is 84.1 Å². The van der Waals surface area contributed by atoms with E-state index in [-0.39, 0.29) is 18.4 Å². The van der Waals surface area contributed by atoms with Crippen molar-refractivity contribution in [2.24, 2.45) is 0 Å². The molecule has 0 saturated carbocycles. The molecule has 1 aromatic carbocycles. The van der Waals surface area contributed by atoms with Crippen molar-refractivity contribution in [2.75, 3.05) is 6.61 Å². The Morgan fingerprint density at radius 2 is 1.77 bits per heavy atom. The zero-order chi connectivity index (χ0) is 19.3. The zero-order valence-corrected chi connectivity index (χ0v) is 16.1. The number of hydrogen-bond donors (Lipinski definition) is 2. The molecule has 0 fully saturated rings. The molecule has 0 unspecified atom stereocenters. The van der Waals surface area contributed by atoms with Gasteiger partial charge in [0.15, 0.2) is 6.61 Å². The lowest BCUT2D eigenvalue weighted by molar-refractivity contribution is -0.125. The van der Waals surface area contributed by atoms with E-state index < -0.39 is 11.2 Å². The summed E-state index contributed by atoms with van der Waals surface area (Å²) in [7, 11) is 0. The zero-order valence-electron chi connectivity index (χ0n) is 16.1. The van der Waals surface area contributed by atoms with Gasteiger partial charge in [-0.25, -0.2) is 4.79 Å². The fourth-order valence-corrected chi connectivity index (χ4v) is 2.98. The van der Waals surface area contributed by atoms with Gasteiger partial charge in [-0.15, -0.1) is 0 Å². The summed E-state index contributed by atoms with van der Waals surface area (Å²) in [6.45, 7) is 9.51. The number of amides is 1. The number of ether oxygens (including phenoxy) is 1. The van der Waals surface area contributed by atoms with Crippen LogP contribution < -0.4 is 15.7 Å². The Kier molecular flexibility index (Phi) is 6.18. The summed E-state index contributed by atoms with van der Waals surface area (Å²) in [6, 6.07) is 8.19. The van der Waals surface area contributed by atoms with Crippen molar-refractivity contribution in [1.82, 2.24) is 15.3 Å². The molecule has 0 spiro atoms. The Morgan fingerprint density at radius 1 is 1.15 bits per heavy atom. The van der Waals surface area contributed by atoms with Crippen LogP contribution in [0.5, 0.6) is 5.88 Å². The van der Waals surface area contributed by atoms with Gasteiger partial charge >= 0.3 is 5.69 Å². The molecule has 2 aromatic rings. The first-order valence-electron chi connectivity index (χ1n) is 8.89. The lowest BCUT2D eigenvalue weighted by atomic mass is 9.84. The number of nitrogens with one attached hydrogen (secondary N) is 2. The molecule has 1 aromatic heterocycles. The van der Waals surface area contributed by atoms with Crippen LogP contribution in [0.1, 0.15) is 49.1 Å². The van der Waals surface area contributed by atoms with E-state index in [1.54, 1.807) is 13.8 Å². The second kappa shape index (κ2) is 8.17. The number of nitrogens with zero attached hydrogens (tertiary/aromatic N) is 1. The van der Waals surface area contributed by atoms with Crippen LogP contribution in [0, 0.1) is 20.8 Å². The summed E-state index contributed by atoms with van der Waals surface area (Å²) in [4.78, 5) is 30.4. The molecule has 0 atom stereocenters. The molecule has 0 bridgehead atoms. The molecule has 26 heavy (non-hydrogen) atoms. The average Bonchev–Trinajstić information content (AvgIpc) is 2.62. The van der Waals surface area contributed by atoms with Crippen LogP contribution in [0.4, 0.5) is 0 Å². The van der Waals surface area contributed by atoms with Gasteiger partial charge in [0.2, 0.25) is 5.88 Å². The largest absolute Gasteiger partial charge is 0.467 e. The predicted octanol–water partition coefficient (Wildman–Crippen LogP) is 2.91. The van der Waals surface area contributed by atoms with Gasteiger partial charge in [-0.1, -0.05) is 43.7 Å². The number of carbonyl (C=O) groups excluding carboxylic acids is 1. The second-order valence-electron chi connectivity index (χ2n) is 6.59. The number of rotatable bonds is 7. The van der Waals surface area contributed by atoms with Crippen LogP contribution >= 0.6 is 0 Å². The lowest BCUT2D eigenvalue weighted by Gasteiger charge is -2.33. The molecule has 140 valence electrons. The lowest BCUT2D eigenvalue weighted by Crippen LogP contribution is -2.47. The average molecular weight is 357 g/mol. The smallest absolute Gasteiger partial charge is 0.348 e. The standard InChI is InChI=1S/C20H27N3O3/c1-6-20(7-2,16-10-8-13(3)9-11-16)23-17(24)12-26-18-14(4)15(5)21-19(25)22-18/h8-11H,6-7,12H2,1-5H3,(H,23,24)(H,21,22,25). The highest BCUT2D eigenvalue weighted by atomic mass is 16.5. The number of aryl methyl sites for hydroxylation is 2. The molecule has 0 saturated heterocycles. The van der Waals surface area contributed by atoms with Gasteiger partial charge in [0, 0.05) is 11.3 Å². The minimum absolute atomic E-state index is 0.190. The van der Waals surface area contributed by atoms with E-state index in [9.17, 15) is 9.59 Å². The van der Waals surface area contributed by atoms with Gasteiger partial charge in [-0.05, 0) is 39.2 Å². The van der Waals surface area contributed by atoms with Gasteiger partial charge < -0.3 is 15.0 Å². The van der Waals surface area contributed by atoms with Crippen LogP contribution in [0.2, 0.25) is 0 Å². The number of aromatic nitrogens is 2. The summed E-state index contributed by atoms with van der Waals surface area (Å²) >= 11 is 0. The highest BCUT2D eigenvalue weighted by Gasteiger charge is 2.30. The Bertz CT molecular complexity index is 821. The molecule has 0 aliphatic rings. The van der Waals surface area contributed by atoms with Gasteiger partial charge in [-0.3, -0.25) is 4.79 Å². The number of aromatic amines is 1. The van der Waals surface area contributed by atoms with Gasteiger partial charge in [0.05, 0.1) is 5.54 Å². The number of H-pyrrole nitrogens is 1. The fraction of sp³-hybridized carbons (Fsp3) is 0.450. The number of benzene rings is 1. The Labute approximate surface area is 154 Å². The summed E-state index contributed by atoms with van der Waals surface area (Å²) in [6.07, 6.45) is 1.53. The Hall–Kier alpha value is -2.63. The minimum atomic E-state index is -0.486. The summed E-state index contributed by atoms with van der Waals surface area (Å²) in [5, 5.41) is 3.11. The van der Waals surface area contributed by atoms with Crippen molar-refractivity contribution >= 4 is 5.91 Å². The third-order valence-electron chi connectivity index (χ3n) is 4.91. The van der Waals surface area contributed by atoms with E-state index in [0.29, 0.717) is 11.3 Å². The first-order valence-corrected chi connectivity index (χ1v) is 8.89. The van der Waals surface area contributed by atoms with E-state index in [1.165, 1.54) is 5.56 Å². The van der Waals surface area contributed by atoms with Crippen molar-refractivity contribution in [3.63, 3.8) is 0 Å². The van der Waals surface area contributed by atoms with E-state index >= 15 is 0 Å². The van der Waals surface area contributed by atoms with Crippen molar-refractivity contribution in [3.8, 4) is 5.88 Å². The number of carbonyl (C=O) groups is 1. The van der Waals surface area contributed by atoms with Crippen LogP contribution in [-0.4, -0.2) is 22.5 Å². The van der Waals surface area contributed by atoms with E-state index in [1.807, 2.05) is 19.1 Å². The van der Waals surface area contributed by atoms with Gasteiger partial charge in [-0.2, -0.15) is 4.98 Å². The fourth-order valence-electron chi connectivity index (χ4n) is 2.98. The third-order valence-corrected chi connectivity index (χ3v) is 4.91. The maximum absolute atomic E-state index is 12.5. The molecule has 1 heterocycles. The molecule has 0 aliphatic carbocycles. The van der Waals surface area contributed by atoms with Crippen molar-refractivity contribution in [1.29, 1.82) is 0 Å². The quantitative estimate of drug-likeness (QED) is 0.798. The second-order valence-corrected chi connectivity index (χ2v) is 6.59. The van der Waals surface area contributed by atoms with Crippen LogP contribution in [-0.2, 0) is 10.3 Å². The molecule has 6 nitrogen and oxygen atoms in total. The molecule has 0 radical (unpaired) electrons. The van der Waals surface area contributed by atoms with Gasteiger partial charge in [0.25, 0.3) is 5.91 Å². The number of hydrogen-bond acceptors (Lipinski definition) is 4. The van der Waals surface area contributed by atoms with Crippen molar-refractivity contribution in [3.05, 3.63) is 57.1 Å². The maximum atomic E-state index is 12.5. The normalized spacial score (nSPS) is 11.3. The summed E-state index contributed by atoms with van der Waals surface area (Å²) in [5.41, 5.74) is 2.71. The predicted molar refractivity (Wildman–Crippen MR) is 101 cm³/mol. The SMILES string of the molecule is CCC(CC)(NC(=O)COc1nc(=O)[nH]c(C)c1C)c1ccc(C)cc1. The van der Waals surface area contributed by atoms with Crippen LogP contribution in [0.3, 0.4) is 0 Å². The maximum Gasteiger partial charge on any atom is 0.348 e.